The number of hydrogen-bond donors (Lipinski definition) is 2. The van der Waals surface area contributed by atoms with Crippen molar-refractivity contribution in [2.75, 3.05) is 13.7 Å². The Morgan fingerprint density at radius 2 is 2.07 bits per heavy atom. The summed E-state index contributed by atoms with van der Waals surface area (Å²) < 4.78 is 10.1. The first kappa shape index (κ1) is 22.6. The number of ether oxygens (including phenoxy) is 2. The van der Waals surface area contributed by atoms with Crippen molar-refractivity contribution in [2.24, 2.45) is 11.8 Å². The second-order valence-electron chi connectivity index (χ2n) is 6.92. The highest BCUT2D eigenvalue weighted by Crippen LogP contribution is 2.33. The molecular weight excluding hydrogens is 372 g/mol. The topological polar surface area (TPSA) is 93.1 Å². The third-order valence-electron chi connectivity index (χ3n) is 4.78. The molecule has 6 heteroatoms. The highest BCUT2D eigenvalue weighted by Gasteiger charge is 2.39. The molecule has 4 atom stereocenters. The fraction of sp³-hybridized carbons (Fsp3) is 0.435. The summed E-state index contributed by atoms with van der Waals surface area (Å²) in [6, 6.07) is 9.18. The molecule has 6 nitrogen and oxygen atoms in total. The minimum atomic E-state index is -0.840. The van der Waals surface area contributed by atoms with E-state index >= 15 is 0 Å². The molecule has 0 radical (unpaired) electrons. The molecule has 29 heavy (non-hydrogen) atoms. The van der Waals surface area contributed by atoms with Gasteiger partial charge in [-0.25, -0.2) is 0 Å². The molecule has 0 heterocycles. The zero-order chi connectivity index (χ0) is 21.1. The Morgan fingerprint density at radius 1 is 1.31 bits per heavy atom. The smallest absolute Gasteiger partial charge is 0.305 e. The fourth-order valence-corrected chi connectivity index (χ4v) is 3.19. The molecule has 0 unspecified atom stereocenters. The van der Waals surface area contributed by atoms with Crippen LogP contribution in [-0.4, -0.2) is 47.9 Å². The summed E-state index contributed by atoms with van der Waals surface area (Å²) in [6.07, 6.45) is 6.48. The van der Waals surface area contributed by atoms with Gasteiger partial charge in [0.15, 0.2) is 0 Å². The van der Waals surface area contributed by atoms with Gasteiger partial charge in [0.25, 0.3) is 0 Å². The fourth-order valence-electron chi connectivity index (χ4n) is 3.19. The molecule has 2 N–H and O–H groups in total. The van der Waals surface area contributed by atoms with Gasteiger partial charge in [-0.05, 0) is 37.1 Å². The van der Waals surface area contributed by atoms with Gasteiger partial charge in [-0.2, -0.15) is 0 Å². The van der Waals surface area contributed by atoms with Crippen LogP contribution in [0.4, 0.5) is 0 Å². The van der Waals surface area contributed by atoms with Crippen LogP contribution < -0.4 is 4.74 Å². The van der Waals surface area contributed by atoms with E-state index < -0.39 is 12.2 Å². The number of rotatable bonds is 10. The Hall–Kier alpha value is -2.66. The van der Waals surface area contributed by atoms with Crippen LogP contribution in [0.2, 0.25) is 0 Å². The quantitative estimate of drug-likeness (QED) is 0.356. The molecule has 1 fully saturated rings. The first-order valence-electron chi connectivity index (χ1n) is 9.72. The normalized spacial score (nSPS) is 22.2. The van der Waals surface area contributed by atoms with E-state index in [1.807, 2.05) is 18.2 Å². The van der Waals surface area contributed by atoms with Gasteiger partial charge in [0.2, 0.25) is 0 Å². The average Bonchev–Trinajstić information content (AvgIpc) is 3.00. The molecule has 0 saturated heterocycles. The molecule has 0 spiro atoms. The molecule has 1 aromatic carbocycles. The predicted octanol–water partition coefficient (Wildman–Crippen LogP) is 2.60. The lowest BCUT2D eigenvalue weighted by atomic mass is 9.90. The van der Waals surface area contributed by atoms with Gasteiger partial charge >= 0.3 is 5.97 Å². The number of carbonyl (C=O) groups is 2. The Labute approximate surface area is 171 Å². The maximum Gasteiger partial charge on any atom is 0.305 e. The lowest BCUT2D eigenvalue weighted by Crippen LogP contribution is -2.20. The second-order valence-corrected chi connectivity index (χ2v) is 6.92. The molecule has 1 aliphatic carbocycles. The molecule has 156 valence electrons. The van der Waals surface area contributed by atoms with E-state index in [1.54, 1.807) is 36.4 Å². The van der Waals surface area contributed by atoms with Crippen molar-refractivity contribution < 1.29 is 29.3 Å². The number of esters is 1. The van der Waals surface area contributed by atoms with Gasteiger partial charge in [0.05, 0.1) is 13.2 Å². The number of methoxy groups -OCH3 is 1. The first-order chi connectivity index (χ1) is 14.0. The number of hydrogen-bond acceptors (Lipinski definition) is 6. The van der Waals surface area contributed by atoms with Crippen molar-refractivity contribution in [1.82, 2.24) is 0 Å². The SMILES string of the molecule is COC(=O)CCC=C=CC[C@@H]1C(=O)C[C@H](O)[C@H]1/C=C/[C@H](O)COc1ccccc1. The molecule has 0 bridgehead atoms. The Bertz CT molecular complexity index is 748. The highest BCUT2D eigenvalue weighted by atomic mass is 16.5. The van der Waals surface area contributed by atoms with Gasteiger partial charge < -0.3 is 19.7 Å². The van der Waals surface area contributed by atoms with Crippen molar-refractivity contribution in [1.29, 1.82) is 0 Å². The summed E-state index contributed by atoms with van der Waals surface area (Å²) in [4.78, 5) is 23.2. The summed E-state index contributed by atoms with van der Waals surface area (Å²) in [7, 11) is 1.34. The van der Waals surface area contributed by atoms with Crippen LogP contribution in [0.3, 0.4) is 0 Å². The van der Waals surface area contributed by atoms with E-state index in [0.29, 0.717) is 18.6 Å². The molecule has 0 amide bonds. The lowest BCUT2D eigenvalue weighted by molar-refractivity contribution is -0.140. The second kappa shape index (κ2) is 12.0. The maximum atomic E-state index is 12.2. The number of para-hydroxylation sites is 1. The van der Waals surface area contributed by atoms with Crippen molar-refractivity contribution in [3.05, 3.63) is 60.4 Å². The summed E-state index contributed by atoms with van der Waals surface area (Å²) in [5.74, 6) is -0.336. The van der Waals surface area contributed by atoms with Crippen LogP contribution in [-0.2, 0) is 14.3 Å². The molecule has 2 rings (SSSR count). The van der Waals surface area contributed by atoms with Crippen LogP contribution in [0.15, 0.2) is 60.4 Å². The van der Waals surface area contributed by atoms with E-state index in [4.69, 9.17) is 4.74 Å². The lowest BCUT2D eigenvalue weighted by Gasteiger charge is -2.16. The van der Waals surface area contributed by atoms with Crippen LogP contribution >= 0.6 is 0 Å². The minimum absolute atomic E-state index is 0.00483. The van der Waals surface area contributed by atoms with Crippen molar-refractivity contribution in [3.8, 4) is 5.75 Å². The van der Waals surface area contributed by atoms with E-state index in [2.05, 4.69) is 10.5 Å². The first-order valence-corrected chi connectivity index (χ1v) is 9.72. The number of benzene rings is 1. The Kier molecular flexibility index (Phi) is 9.38. The molecule has 1 aromatic rings. The van der Waals surface area contributed by atoms with Crippen LogP contribution in [0.1, 0.15) is 25.7 Å². The zero-order valence-electron chi connectivity index (χ0n) is 16.6. The predicted molar refractivity (Wildman–Crippen MR) is 108 cm³/mol. The number of Topliss-reactive ketones (excluding diaryl/α,β-unsaturated/α-hetero) is 1. The maximum absolute atomic E-state index is 12.2. The van der Waals surface area contributed by atoms with Crippen molar-refractivity contribution in [3.63, 3.8) is 0 Å². The van der Waals surface area contributed by atoms with E-state index in [0.717, 1.165) is 0 Å². The molecular formula is C23H28O6. The summed E-state index contributed by atoms with van der Waals surface area (Å²) >= 11 is 0. The summed E-state index contributed by atoms with van der Waals surface area (Å²) in [6.45, 7) is 0.0881. The largest absolute Gasteiger partial charge is 0.491 e. The van der Waals surface area contributed by atoms with Crippen molar-refractivity contribution >= 4 is 11.8 Å². The molecule has 0 aromatic heterocycles. The van der Waals surface area contributed by atoms with Crippen LogP contribution in [0.25, 0.3) is 0 Å². The van der Waals surface area contributed by atoms with E-state index in [9.17, 15) is 19.8 Å². The number of allylic oxidation sites excluding steroid dienone is 1. The van der Waals surface area contributed by atoms with Crippen LogP contribution in [0.5, 0.6) is 5.75 Å². The zero-order valence-corrected chi connectivity index (χ0v) is 16.6. The number of aliphatic hydroxyl groups is 2. The van der Waals surface area contributed by atoms with E-state index in [-0.39, 0.29) is 43.0 Å². The van der Waals surface area contributed by atoms with Gasteiger partial charge in [-0.3, -0.25) is 9.59 Å². The van der Waals surface area contributed by atoms with Gasteiger partial charge in [-0.1, -0.05) is 30.4 Å². The third kappa shape index (κ3) is 7.70. The Morgan fingerprint density at radius 3 is 2.79 bits per heavy atom. The summed E-state index contributed by atoms with van der Waals surface area (Å²) in [5, 5.41) is 20.3. The molecule has 0 aliphatic heterocycles. The third-order valence-corrected chi connectivity index (χ3v) is 4.78. The molecule has 1 saturated carbocycles. The summed E-state index contributed by atoms with van der Waals surface area (Å²) in [5.41, 5.74) is 2.97. The average molecular weight is 400 g/mol. The van der Waals surface area contributed by atoms with Crippen molar-refractivity contribution in [2.45, 2.75) is 37.9 Å². The highest BCUT2D eigenvalue weighted by molar-refractivity contribution is 5.84. The number of ketones is 1. The monoisotopic (exact) mass is 400 g/mol. The van der Waals surface area contributed by atoms with Gasteiger partial charge in [0.1, 0.15) is 24.2 Å². The van der Waals surface area contributed by atoms with Gasteiger partial charge in [-0.15, -0.1) is 5.73 Å². The minimum Gasteiger partial charge on any atom is -0.491 e. The Balaban J connectivity index is 1.86. The van der Waals surface area contributed by atoms with E-state index in [1.165, 1.54) is 7.11 Å². The number of carbonyl (C=O) groups excluding carboxylic acids is 2. The standard InChI is InChI=1S/C23H28O6/c1-28-23(27)12-8-3-2-7-11-19-20(22(26)15-21(19)25)14-13-17(24)16-29-18-9-5-4-6-10-18/h3-7,9-10,13-14,17,19-20,22,24,26H,8,11-12,15-16H2,1H3/b14-13+/t2?,17-,19-,20-,22-/m0/s1. The van der Waals surface area contributed by atoms with Gasteiger partial charge in [0, 0.05) is 24.7 Å². The molecule has 1 aliphatic rings. The number of aliphatic hydroxyl groups excluding tert-OH is 2. The van der Waals surface area contributed by atoms with Crippen LogP contribution in [0, 0.1) is 11.8 Å².